The maximum absolute atomic E-state index is 14.0. The highest BCUT2D eigenvalue weighted by atomic mass is 35.7. The van der Waals surface area contributed by atoms with Crippen molar-refractivity contribution in [1.82, 2.24) is 5.16 Å². The van der Waals surface area contributed by atoms with Crippen molar-refractivity contribution in [2.75, 3.05) is 0 Å². The summed E-state index contributed by atoms with van der Waals surface area (Å²) in [7, 11) is 1.03. The molecule has 4 nitrogen and oxygen atoms in total. The number of aryl methyl sites for hydroxylation is 1. The highest BCUT2D eigenvalue weighted by molar-refractivity contribution is 8.13. The molecule has 2 rings (SSSR count). The Morgan fingerprint density at radius 3 is 2.27 bits per heavy atom. The largest absolute Gasteiger partial charge is 0.452 e. The SMILES string of the molecule is Cc1cc(F)c(-c2noc(C(F)(F)F)c2C)cc1S(=O)(=O)Cl. The van der Waals surface area contributed by atoms with Crippen LogP contribution >= 0.6 is 10.7 Å². The van der Waals surface area contributed by atoms with Crippen LogP contribution in [0.25, 0.3) is 11.3 Å². The molecular formula is C12H8ClF4NO3S. The fraction of sp³-hybridized carbons (Fsp3) is 0.250. The molecule has 120 valence electrons. The van der Waals surface area contributed by atoms with Crippen LogP contribution in [-0.4, -0.2) is 13.6 Å². The number of benzene rings is 1. The van der Waals surface area contributed by atoms with Crippen molar-refractivity contribution >= 4 is 19.7 Å². The fourth-order valence-electron chi connectivity index (χ4n) is 1.95. The molecule has 0 atom stereocenters. The molecule has 0 radical (unpaired) electrons. The number of alkyl halides is 3. The van der Waals surface area contributed by atoms with Crippen LogP contribution in [0.2, 0.25) is 0 Å². The van der Waals surface area contributed by atoms with E-state index < -0.39 is 48.5 Å². The normalized spacial score (nSPS) is 12.7. The Bertz CT molecular complexity index is 843. The van der Waals surface area contributed by atoms with Crippen molar-refractivity contribution in [2.45, 2.75) is 24.9 Å². The van der Waals surface area contributed by atoms with Gasteiger partial charge in [0.2, 0.25) is 5.76 Å². The summed E-state index contributed by atoms with van der Waals surface area (Å²) in [6, 6.07) is 1.68. The van der Waals surface area contributed by atoms with Crippen LogP contribution in [-0.2, 0) is 15.2 Å². The second kappa shape index (κ2) is 5.24. The summed E-state index contributed by atoms with van der Waals surface area (Å²) in [4.78, 5) is -0.415. The van der Waals surface area contributed by atoms with Gasteiger partial charge in [0, 0.05) is 21.8 Å². The lowest BCUT2D eigenvalue weighted by Crippen LogP contribution is -2.05. The average Bonchev–Trinajstić information content (AvgIpc) is 2.69. The fourth-order valence-corrected chi connectivity index (χ4v) is 3.15. The minimum absolute atomic E-state index is 0.0217. The summed E-state index contributed by atoms with van der Waals surface area (Å²) < 4.78 is 79.0. The van der Waals surface area contributed by atoms with Crippen molar-refractivity contribution in [3.63, 3.8) is 0 Å². The molecule has 0 unspecified atom stereocenters. The molecule has 0 bridgehead atoms. The van der Waals surface area contributed by atoms with Gasteiger partial charge in [-0.2, -0.15) is 13.2 Å². The molecule has 1 aromatic heterocycles. The first-order valence-corrected chi connectivity index (χ1v) is 8.02. The lowest BCUT2D eigenvalue weighted by Gasteiger charge is -2.07. The highest BCUT2D eigenvalue weighted by Gasteiger charge is 2.39. The monoisotopic (exact) mass is 357 g/mol. The van der Waals surface area contributed by atoms with Gasteiger partial charge in [0.05, 0.1) is 4.90 Å². The number of halogens is 5. The minimum atomic E-state index is -4.79. The molecule has 0 saturated carbocycles. The van der Waals surface area contributed by atoms with E-state index in [4.69, 9.17) is 10.7 Å². The van der Waals surface area contributed by atoms with E-state index in [2.05, 4.69) is 9.68 Å². The van der Waals surface area contributed by atoms with Gasteiger partial charge < -0.3 is 4.52 Å². The van der Waals surface area contributed by atoms with E-state index >= 15 is 0 Å². The summed E-state index contributed by atoms with van der Waals surface area (Å²) >= 11 is 0. The summed E-state index contributed by atoms with van der Waals surface area (Å²) in [5.74, 6) is -2.32. The molecule has 1 aromatic carbocycles. The average molecular weight is 358 g/mol. The molecule has 0 saturated heterocycles. The van der Waals surface area contributed by atoms with E-state index in [9.17, 15) is 26.0 Å². The van der Waals surface area contributed by atoms with Crippen LogP contribution < -0.4 is 0 Å². The van der Waals surface area contributed by atoms with Crippen molar-refractivity contribution in [2.24, 2.45) is 0 Å². The van der Waals surface area contributed by atoms with Gasteiger partial charge in [-0.3, -0.25) is 0 Å². The predicted octanol–water partition coefficient (Wildman–Crippen LogP) is 4.04. The molecule has 10 heteroatoms. The Hall–Kier alpha value is -1.61. The number of nitrogens with zero attached hydrogens (tertiary/aromatic N) is 1. The Labute approximate surface area is 127 Å². The third-order valence-electron chi connectivity index (χ3n) is 2.96. The minimum Gasteiger partial charge on any atom is -0.351 e. The summed E-state index contributed by atoms with van der Waals surface area (Å²) in [6.45, 7) is 2.35. The van der Waals surface area contributed by atoms with E-state index in [-0.39, 0.29) is 5.56 Å². The van der Waals surface area contributed by atoms with Crippen LogP contribution in [0.5, 0.6) is 0 Å². The van der Waals surface area contributed by atoms with Crippen molar-refractivity contribution in [3.05, 3.63) is 34.8 Å². The third kappa shape index (κ3) is 2.95. The van der Waals surface area contributed by atoms with Crippen molar-refractivity contribution in [3.8, 4) is 11.3 Å². The second-order valence-corrected chi connectivity index (χ2v) is 7.05. The van der Waals surface area contributed by atoms with Crippen molar-refractivity contribution in [1.29, 1.82) is 0 Å². The summed E-state index contributed by atoms with van der Waals surface area (Å²) in [5, 5.41) is 3.19. The zero-order valence-corrected chi connectivity index (χ0v) is 12.7. The van der Waals surface area contributed by atoms with Gasteiger partial charge in [-0.25, -0.2) is 12.8 Å². The van der Waals surface area contributed by atoms with E-state index in [0.29, 0.717) is 0 Å². The highest BCUT2D eigenvalue weighted by Crippen LogP contribution is 2.38. The molecule has 0 aliphatic rings. The van der Waals surface area contributed by atoms with E-state index in [1.165, 1.54) is 6.92 Å². The maximum Gasteiger partial charge on any atom is 0.452 e. The zero-order valence-electron chi connectivity index (χ0n) is 11.1. The van der Waals surface area contributed by atoms with Crippen molar-refractivity contribution < 1.29 is 30.5 Å². The first kappa shape index (κ1) is 16.8. The molecular weight excluding hydrogens is 350 g/mol. The summed E-state index contributed by atoms with van der Waals surface area (Å²) in [6.07, 6.45) is -4.79. The molecule has 0 aliphatic carbocycles. The molecule has 22 heavy (non-hydrogen) atoms. The van der Waals surface area contributed by atoms with Crippen LogP contribution in [0, 0.1) is 19.7 Å². The summed E-state index contributed by atoms with van der Waals surface area (Å²) in [5.41, 5.74) is -1.31. The quantitative estimate of drug-likeness (QED) is 0.601. The number of hydrogen-bond acceptors (Lipinski definition) is 4. The van der Waals surface area contributed by atoms with E-state index in [1.54, 1.807) is 0 Å². The molecule has 0 amide bonds. The predicted molar refractivity (Wildman–Crippen MR) is 69.4 cm³/mol. The van der Waals surface area contributed by atoms with Crippen LogP contribution in [0.4, 0.5) is 17.6 Å². The molecule has 0 aliphatic heterocycles. The second-order valence-electron chi connectivity index (χ2n) is 4.52. The zero-order chi connectivity index (χ0) is 16.9. The van der Waals surface area contributed by atoms with Gasteiger partial charge in [0.1, 0.15) is 11.5 Å². The topological polar surface area (TPSA) is 60.2 Å². The number of rotatable bonds is 2. The molecule has 0 spiro atoms. The Morgan fingerprint density at radius 2 is 1.82 bits per heavy atom. The first-order valence-electron chi connectivity index (χ1n) is 5.71. The smallest absolute Gasteiger partial charge is 0.351 e. The molecule has 1 heterocycles. The third-order valence-corrected chi connectivity index (χ3v) is 4.43. The lowest BCUT2D eigenvalue weighted by atomic mass is 10.0. The Balaban J connectivity index is 2.72. The van der Waals surface area contributed by atoms with Gasteiger partial charge in [-0.1, -0.05) is 5.16 Å². The van der Waals surface area contributed by atoms with Gasteiger partial charge >= 0.3 is 6.18 Å². The van der Waals surface area contributed by atoms with Crippen LogP contribution in [0.15, 0.2) is 21.6 Å². The Morgan fingerprint density at radius 1 is 1.23 bits per heavy atom. The van der Waals surface area contributed by atoms with Gasteiger partial charge in [-0.05, 0) is 31.5 Å². The van der Waals surface area contributed by atoms with Crippen LogP contribution in [0.3, 0.4) is 0 Å². The molecule has 2 aromatic rings. The number of hydrogen-bond donors (Lipinski definition) is 0. The Kier molecular flexibility index (Phi) is 3.99. The lowest BCUT2D eigenvalue weighted by molar-refractivity contribution is -0.156. The van der Waals surface area contributed by atoms with E-state index in [1.807, 2.05) is 0 Å². The number of aromatic nitrogens is 1. The maximum atomic E-state index is 14.0. The first-order chi connectivity index (χ1) is 9.93. The standard InChI is InChI=1S/C12H8ClF4NO3S/c1-5-3-8(14)7(4-9(5)22(13,19)20)10-6(2)11(21-18-10)12(15,16)17/h3-4H,1-2H3. The van der Waals surface area contributed by atoms with Crippen LogP contribution in [0.1, 0.15) is 16.9 Å². The molecule has 0 N–H and O–H groups in total. The van der Waals surface area contributed by atoms with Gasteiger partial charge in [0.15, 0.2) is 0 Å². The van der Waals surface area contributed by atoms with E-state index in [0.717, 1.165) is 19.1 Å². The van der Waals surface area contributed by atoms with Gasteiger partial charge in [-0.15, -0.1) is 0 Å². The van der Waals surface area contributed by atoms with Gasteiger partial charge in [0.25, 0.3) is 9.05 Å². The molecule has 0 fully saturated rings.